The zero-order valence-corrected chi connectivity index (χ0v) is 14.1. The lowest BCUT2D eigenvalue weighted by Gasteiger charge is -2.38. The molecule has 0 spiro atoms. The summed E-state index contributed by atoms with van der Waals surface area (Å²) < 4.78 is 0. The van der Waals surface area contributed by atoms with E-state index >= 15 is 0 Å². The Labute approximate surface area is 139 Å². The maximum atomic E-state index is 12.3. The number of amides is 2. The number of rotatable bonds is 3. The number of urea groups is 1. The molecule has 5 heteroatoms. The van der Waals surface area contributed by atoms with Gasteiger partial charge in [0, 0.05) is 45.0 Å². The molecule has 3 rings (SSSR count). The summed E-state index contributed by atoms with van der Waals surface area (Å²) in [7, 11) is 2.22. The van der Waals surface area contributed by atoms with Crippen molar-refractivity contribution in [1.82, 2.24) is 14.7 Å². The van der Waals surface area contributed by atoms with Crippen LogP contribution in [0.1, 0.15) is 12.8 Å². The van der Waals surface area contributed by atoms with Gasteiger partial charge < -0.3 is 15.1 Å². The normalized spacial score (nSPS) is 23.7. The Balaban J connectivity index is 1.42. The molecule has 1 atom stereocenters. The molecular weight excluding hydrogens is 288 g/mol. The fraction of sp³-hybridized carbons (Fsp3) is 0.611. The molecule has 2 fully saturated rings. The Kier molecular flexibility index (Phi) is 5.51. The average molecular weight is 316 g/mol. The zero-order chi connectivity index (χ0) is 16.1. The van der Waals surface area contributed by atoms with Crippen molar-refractivity contribution in [3.05, 3.63) is 30.3 Å². The topological polar surface area (TPSA) is 38.8 Å². The Morgan fingerprint density at radius 3 is 2.57 bits per heavy atom. The molecule has 0 radical (unpaired) electrons. The molecule has 1 aromatic rings. The van der Waals surface area contributed by atoms with Gasteiger partial charge in [0.15, 0.2) is 0 Å². The number of nitrogens with zero attached hydrogens (tertiary/aromatic N) is 3. The first-order valence-electron chi connectivity index (χ1n) is 8.72. The predicted molar refractivity (Wildman–Crippen MR) is 93.7 cm³/mol. The summed E-state index contributed by atoms with van der Waals surface area (Å²) >= 11 is 0. The smallest absolute Gasteiger partial charge is 0.321 e. The van der Waals surface area contributed by atoms with E-state index < -0.39 is 0 Å². The van der Waals surface area contributed by atoms with Gasteiger partial charge in [0.1, 0.15) is 0 Å². The largest absolute Gasteiger partial charge is 0.322 e. The van der Waals surface area contributed by atoms with Crippen LogP contribution in [0.4, 0.5) is 10.5 Å². The van der Waals surface area contributed by atoms with Gasteiger partial charge in [0.05, 0.1) is 0 Å². The van der Waals surface area contributed by atoms with Gasteiger partial charge in [-0.05, 0) is 44.5 Å². The Morgan fingerprint density at radius 2 is 1.87 bits per heavy atom. The van der Waals surface area contributed by atoms with Gasteiger partial charge >= 0.3 is 6.03 Å². The van der Waals surface area contributed by atoms with E-state index in [2.05, 4.69) is 22.2 Å². The van der Waals surface area contributed by atoms with E-state index in [1.807, 2.05) is 35.2 Å². The van der Waals surface area contributed by atoms with Gasteiger partial charge in [-0.25, -0.2) is 4.79 Å². The van der Waals surface area contributed by atoms with E-state index in [1.165, 1.54) is 32.5 Å². The van der Waals surface area contributed by atoms with Crippen molar-refractivity contribution in [2.24, 2.45) is 5.92 Å². The van der Waals surface area contributed by atoms with E-state index in [0.717, 1.165) is 37.8 Å². The molecule has 2 heterocycles. The molecule has 23 heavy (non-hydrogen) atoms. The van der Waals surface area contributed by atoms with Gasteiger partial charge in [-0.2, -0.15) is 0 Å². The van der Waals surface area contributed by atoms with Crippen molar-refractivity contribution in [2.75, 3.05) is 58.2 Å². The summed E-state index contributed by atoms with van der Waals surface area (Å²) in [5.74, 6) is 0.790. The highest BCUT2D eigenvalue weighted by Gasteiger charge is 2.24. The number of piperidine rings is 1. The van der Waals surface area contributed by atoms with Gasteiger partial charge in [0.2, 0.25) is 0 Å². The summed E-state index contributed by atoms with van der Waals surface area (Å²) in [6.45, 7) is 7.25. The second kappa shape index (κ2) is 7.79. The summed E-state index contributed by atoms with van der Waals surface area (Å²) in [6.07, 6.45) is 2.67. The minimum Gasteiger partial charge on any atom is -0.322 e. The van der Waals surface area contributed by atoms with Crippen LogP contribution in [0.5, 0.6) is 0 Å². The minimum atomic E-state index is 0.0215. The fourth-order valence-electron chi connectivity index (χ4n) is 3.64. The highest BCUT2D eigenvalue weighted by molar-refractivity contribution is 5.89. The Hall–Kier alpha value is -1.59. The molecule has 0 saturated carbocycles. The first-order valence-corrected chi connectivity index (χ1v) is 8.72. The highest BCUT2D eigenvalue weighted by atomic mass is 16.2. The van der Waals surface area contributed by atoms with Crippen LogP contribution in [-0.2, 0) is 0 Å². The van der Waals surface area contributed by atoms with E-state index in [0.29, 0.717) is 0 Å². The molecule has 0 aliphatic carbocycles. The maximum Gasteiger partial charge on any atom is 0.321 e. The van der Waals surface area contributed by atoms with Crippen LogP contribution in [0.2, 0.25) is 0 Å². The summed E-state index contributed by atoms with van der Waals surface area (Å²) in [5.41, 5.74) is 0.866. The molecule has 126 valence electrons. The fourth-order valence-corrected chi connectivity index (χ4v) is 3.64. The number of nitrogens with one attached hydrogen (secondary N) is 1. The molecule has 2 saturated heterocycles. The number of hydrogen-bond acceptors (Lipinski definition) is 3. The van der Waals surface area contributed by atoms with Gasteiger partial charge in [0.25, 0.3) is 0 Å². The lowest BCUT2D eigenvalue weighted by Crippen LogP contribution is -2.51. The zero-order valence-electron chi connectivity index (χ0n) is 14.1. The standard InChI is InChI=1S/C18H28N4O/c1-20-9-5-6-16(14-20)15-21-10-12-22(13-11-21)18(23)19-17-7-3-2-4-8-17/h2-4,7-8,16H,5-6,9-15H2,1H3,(H,19,23). The summed E-state index contributed by atoms with van der Waals surface area (Å²) in [6, 6.07) is 9.70. The predicted octanol–water partition coefficient (Wildman–Crippen LogP) is 2.18. The number of likely N-dealkylation sites (tertiary alicyclic amines) is 1. The van der Waals surface area contributed by atoms with Crippen LogP contribution < -0.4 is 5.32 Å². The lowest BCUT2D eigenvalue weighted by molar-refractivity contribution is 0.109. The first kappa shape index (κ1) is 16.3. The van der Waals surface area contributed by atoms with E-state index in [1.54, 1.807) is 0 Å². The van der Waals surface area contributed by atoms with Gasteiger partial charge in [-0.3, -0.25) is 4.90 Å². The second-order valence-corrected chi connectivity index (χ2v) is 6.85. The molecule has 1 unspecified atom stereocenters. The SMILES string of the molecule is CN1CCCC(CN2CCN(C(=O)Nc3ccccc3)CC2)C1. The molecule has 0 aromatic heterocycles. The van der Waals surface area contributed by atoms with Gasteiger partial charge in [-0.1, -0.05) is 18.2 Å². The number of carbonyl (C=O) groups excluding carboxylic acids is 1. The third-order valence-electron chi connectivity index (χ3n) is 4.92. The van der Waals surface area contributed by atoms with Crippen LogP contribution in [0.25, 0.3) is 0 Å². The second-order valence-electron chi connectivity index (χ2n) is 6.85. The summed E-state index contributed by atoms with van der Waals surface area (Å²) in [5, 5.41) is 2.98. The van der Waals surface area contributed by atoms with Gasteiger partial charge in [-0.15, -0.1) is 0 Å². The summed E-state index contributed by atoms with van der Waals surface area (Å²) in [4.78, 5) is 19.2. The maximum absolute atomic E-state index is 12.3. The molecule has 2 amide bonds. The lowest BCUT2D eigenvalue weighted by atomic mass is 9.97. The van der Waals surface area contributed by atoms with E-state index in [-0.39, 0.29) is 6.03 Å². The van der Waals surface area contributed by atoms with Crippen LogP contribution in [0.3, 0.4) is 0 Å². The van der Waals surface area contributed by atoms with E-state index in [9.17, 15) is 4.79 Å². The number of piperazine rings is 1. The third-order valence-corrected chi connectivity index (χ3v) is 4.92. The molecular formula is C18H28N4O. The average Bonchev–Trinajstić information content (AvgIpc) is 2.56. The van der Waals surface area contributed by atoms with Crippen molar-refractivity contribution in [1.29, 1.82) is 0 Å². The quantitative estimate of drug-likeness (QED) is 0.929. The molecule has 5 nitrogen and oxygen atoms in total. The monoisotopic (exact) mass is 316 g/mol. The molecule has 2 aliphatic heterocycles. The van der Waals surface area contributed by atoms with Crippen molar-refractivity contribution >= 4 is 11.7 Å². The third kappa shape index (κ3) is 4.69. The first-order chi connectivity index (χ1) is 11.2. The number of anilines is 1. The molecule has 2 aliphatic rings. The number of hydrogen-bond donors (Lipinski definition) is 1. The van der Waals surface area contributed by atoms with Crippen molar-refractivity contribution in [2.45, 2.75) is 12.8 Å². The van der Waals surface area contributed by atoms with Crippen molar-refractivity contribution in [3.8, 4) is 0 Å². The minimum absolute atomic E-state index is 0.0215. The Bertz CT molecular complexity index is 499. The number of para-hydroxylation sites is 1. The van der Waals surface area contributed by atoms with Crippen LogP contribution in [-0.4, -0.2) is 73.6 Å². The number of benzene rings is 1. The molecule has 1 aromatic carbocycles. The van der Waals surface area contributed by atoms with Crippen molar-refractivity contribution < 1.29 is 4.79 Å². The Morgan fingerprint density at radius 1 is 1.13 bits per heavy atom. The molecule has 1 N–H and O–H groups in total. The van der Waals surface area contributed by atoms with E-state index in [4.69, 9.17) is 0 Å². The van der Waals surface area contributed by atoms with Crippen LogP contribution >= 0.6 is 0 Å². The highest BCUT2D eigenvalue weighted by Crippen LogP contribution is 2.17. The van der Waals surface area contributed by atoms with Crippen LogP contribution in [0.15, 0.2) is 30.3 Å². The van der Waals surface area contributed by atoms with Crippen molar-refractivity contribution in [3.63, 3.8) is 0 Å². The molecule has 0 bridgehead atoms. The van der Waals surface area contributed by atoms with Crippen LogP contribution in [0, 0.1) is 5.92 Å². The number of carbonyl (C=O) groups is 1.